The van der Waals surface area contributed by atoms with Gasteiger partial charge in [0.25, 0.3) is 0 Å². The van der Waals surface area contributed by atoms with Gasteiger partial charge in [0.1, 0.15) is 3.38 Å². The molecule has 0 heterocycles. The monoisotopic (exact) mass is 632 g/mol. The van der Waals surface area contributed by atoms with Crippen molar-refractivity contribution < 1.29 is 48.7 Å². The van der Waals surface area contributed by atoms with E-state index in [0.717, 1.165) is 0 Å². The van der Waals surface area contributed by atoms with Crippen molar-refractivity contribution in [2.24, 2.45) is 0 Å². The summed E-state index contributed by atoms with van der Waals surface area (Å²) in [4.78, 5) is 73.5. The molecule has 0 amide bonds. The van der Waals surface area contributed by atoms with E-state index in [-0.39, 0.29) is 22.3 Å². The average molecular weight is 632 g/mol. The first-order chi connectivity index (χ1) is 20.6. The Labute approximate surface area is 255 Å². The minimum Gasteiger partial charge on any atom is -0.582 e. The molecule has 0 fully saturated rings. The number of carbonyl (C=O) groups is 4. The second-order valence-electron chi connectivity index (χ2n) is 8.90. The molecule has 0 saturated carbocycles. The first-order valence-corrected chi connectivity index (χ1v) is 17.6. The van der Waals surface area contributed by atoms with E-state index in [1.807, 2.05) is 0 Å². The smallest absolute Gasteiger partial charge is 0.582 e. The highest BCUT2D eigenvalue weighted by atomic mass is 31.2. The zero-order chi connectivity index (χ0) is 30.8. The summed E-state index contributed by atoms with van der Waals surface area (Å²) in [5.74, 6) is -4.19. The van der Waals surface area contributed by atoms with E-state index in [1.54, 1.807) is 24.3 Å². The van der Waals surface area contributed by atoms with Crippen LogP contribution in [0.3, 0.4) is 0 Å². The summed E-state index contributed by atoms with van der Waals surface area (Å²) >= 11 is -8.49. The number of rotatable bonds is 11. The van der Waals surface area contributed by atoms with Crippen LogP contribution in [0.5, 0.6) is 0 Å². The predicted molar refractivity (Wildman–Crippen MR) is 155 cm³/mol. The summed E-state index contributed by atoms with van der Waals surface area (Å²) in [5.41, 5.74) is 0.00370. The first-order valence-electron chi connectivity index (χ1n) is 12.7. The Hall–Kier alpha value is -4.03. The van der Waals surface area contributed by atoms with Gasteiger partial charge in [-0.05, 0) is 48.5 Å². The fraction of sp³-hybridized carbons (Fsp3) is 0.0345. The van der Waals surface area contributed by atoms with Crippen LogP contribution in [0.4, 0.5) is 0 Å². The van der Waals surface area contributed by atoms with Crippen molar-refractivity contribution in [3.63, 3.8) is 0 Å². The molecule has 11 nitrogen and oxygen atoms in total. The van der Waals surface area contributed by atoms with Crippen LogP contribution in [0, 0.1) is 0 Å². The second-order valence-corrected chi connectivity index (χ2v) is 16.4. The Morgan fingerprint density at radius 1 is 0.465 bits per heavy atom. The van der Waals surface area contributed by atoms with E-state index < -0.39 is 64.5 Å². The van der Waals surface area contributed by atoms with E-state index in [9.17, 15) is 33.5 Å². The van der Waals surface area contributed by atoms with Gasteiger partial charge in [0, 0.05) is 0 Å². The van der Waals surface area contributed by atoms with Gasteiger partial charge in [-0.25, -0.2) is 19.2 Å². The van der Waals surface area contributed by atoms with Crippen LogP contribution in [-0.4, -0.2) is 66.7 Å². The van der Waals surface area contributed by atoms with Gasteiger partial charge >= 0.3 is 61.1 Å². The van der Waals surface area contributed by atoms with Crippen molar-refractivity contribution in [2.75, 3.05) is 0 Å². The highest BCUT2D eigenvalue weighted by Crippen LogP contribution is 2.45. The van der Waals surface area contributed by atoms with Crippen molar-refractivity contribution in [3.8, 4) is 0 Å². The third-order valence-corrected chi connectivity index (χ3v) is 15.2. The fourth-order valence-corrected chi connectivity index (χ4v) is 11.0. The topological polar surface area (TPSA) is 163 Å². The van der Waals surface area contributed by atoms with E-state index in [4.69, 9.17) is 15.2 Å². The van der Waals surface area contributed by atoms with Gasteiger partial charge in [-0.15, -0.1) is 0 Å². The van der Waals surface area contributed by atoms with Crippen molar-refractivity contribution >= 4 is 61.1 Å². The SMILES string of the molecule is O=C([O][Al]([O]C(=O)c1ccccc1)[CH]([Al]([O]C(=O)c1ccccc1)[O]C(=O)c1ccccc1)P(=O)(O)O)c1ccccc1. The highest BCUT2D eigenvalue weighted by Gasteiger charge is 2.69. The van der Waals surface area contributed by atoms with Crippen LogP contribution < -0.4 is 0 Å². The Morgan fingerprint density at radius 3 is 0.860 bits per heavy atom. The molecule has 0 spiro atoms. The molecule has 4 aromatic carbocycles. The molecule has 0 aliphatic carbocycles. The molecule has 216 valence electrons. The van der Waals surface area contributed by atoms with Gasteiger partial charge in [-0.3, -0.25) is 4.57 Å². The average Bonchev–Trinajstić information content (AvgIpc) is 3.02. The lowest BCUT2D eigenvalue weighted by atomic mass is 10.2. The quantitative estimate of drug-likeness (QED) is 0.181. The summed E-state index contributed by atoms with van der Waals surface area (Å²) in [6, 6.07) is 29.9. The molecule has 0 unspecified atom stereocenters. The van der Waals surface area contributed by atoms with Crippen molar-refractivity contribution in [2.45, 2.75) is 3.38 Å². The number of benzene rings is 4. The van der Waals surface area contributed by atoms with E-state index in [0.29, 0.717) is 0 Å². The highest BCUT2D eigenvalue weighted by molar-refractivity contribution is 7.58. The zero-order valence-electron chi connectivity index (χ0n) is 22.3. The largest absolute Gasteiger partial charge is 0.870 e. The molecule has 2 N–H and O–H groups in total. The van der Waals surface area contributed by atoms with Crippen molar-refractivity contribution in [3.05, 3.63) is 144 Å². The maximum atomic E-state index is 13.1. The summed E-state index contributed by atoms with van der Waals surface area (Å²) < 4.78 is 32.8. The Bertz CT molecular complexity index is 1380. The molecule has 0 aliphatic rings. The minimum absolute atomic E-state index is 0.000925. The third kappa shape index (κ3) is 8.98. The maximum absolute atomic E-state index is 13.1. The number of carbonyl (C=O) groups excluding carboxylic acids is 4. The predicted octanol–water partition coefficient (Wildman–Crippen LogP) is 4.02. The summed E-state index contributed by atoms with van der Waals surface area (Å²) in [7, 11) is -5.46. The Balaban J connectivity index is 1.77. The normalized spacial score (nSPS) is 10.8. The third-order valence-electron chi connectivity index (χ3n) is 5.88. The van der Waals surface area contributed by atoms with Gasteiger partial charge in [0.15, 0.2) is 0 Å². The molecule has 14 heteroatoms. The zero-order valence-corrected chi connectivity index (χ0v) is 25.5. The maximum Gasteiger partial charge on any atom is 0.870 e. The minimum atomic E-state index is -5.46. The first kappa shape index (κ1) is 31.9. The van der Waals surface area contributed by atoms with Crippen molar-refractivity contribution in [1.82, 2.24) is 0 Å². The summed E-state index contributed by atoms with van der Waals surface area (Å²) in [6.07, 6.45) is 0. The van der Waals surface area contributed by atoms with Gasteiger partial charge in [-0.1, -0.05) is 72.8 Å². The van der Waals surface area contributed by atoms with E-state index in [2.05, 4.69) is 0 Å². The Kier molecular flexibility index (Phi) is 11.1. The molecule has 0 atom stereocenters. The van der Waals surface area contributed by atoms with E-state index in [1.165, 1.54) is 97.1 Å². The van der Waals surface area contributed by atoms with Crippen molar-refractivity contribution in [1.29, 1.82) is 0 Å². The molecule has 4 aromatic rings. The van der Waals surface area contributed by atoms with Crippen LogP contribution in [0.1, 0.15) is 41.4 Å². The molecule has 0 aliphatic heterocycles. The number of hydrogen-bond donors (Lipinski definition) is 2. The molecule has 43 heavy (non-hydrogen) atoms. The molecule has 0 radical (unpaired) electrons. The second kappa shape index (κ2) is 14.9. The van der Waals surface area contributed by atoms with E-state index >= 15 is 0 Å². The lowest BCUT2D eigenvalue weighted by Gasteiger charge is -2.25. The van der Waals surface area contributed by atoms with Crippen LogP contribution in [0.15, 0.2) is 121 Å². The van der Waals surface area contributed by atoms with Gasteiger partial charge in [0.2, 0.25) is 0 Å². The standard InChI is InChI=1S/4C7H6O2.CH3O3P.2Al/c4*8-7(9)6-4-2-1-3-5-6;1-5(2,3)4;;/h4*1-5H,(H,8,9);1H,(H2,2,3,4);;/q;;;;;2*+2/p-4. The van der Waals surface area contributed by atoms with Gasteiger partial charge in [-0.2, -0.15) is 0 Å². The van der Waals surface area contributed by atoms with Gasteiger partial charge < -0.3 is 24.9 Å². The molecule has 0 saturated heterocycles. The summed E-state index contributed by atoms with van der Waals surface area (Å²) in [6.45, 7) is 0. The van der Waals surface area contributed by atoms with Crippen LogP contribution in [0.2, 0.25) is 0 Å². The summed E-state index contributed by atoms with van der Waals surface area (Å²) in [5, 5.41) is 0. The van der Waals surface area contributed by atoms with Crippen LogP contribution in [-0.2, 0) is 19.7 Å². The molecular weight excluding hydrogens is 609 g/mol. The van der Waals surface area contributed by atoms with Crippen LogP contribution in [0.25, 0.3) is 0 Å². The number of hydrogen-bond acceptors (Lipinski definition) is 9. The molecule has 4 rings (SSSR count). The van der Waals surface area contributed by atoms with Gasteiger partial charge in [0.05, 0.1) is 22.3 Å². The molecule has 0 bridgehead atoms. The van der Waals surface area contributed by atoms with Crippen LogP contribution >= 0.6 is 7.60 Å². The fourth-order valence-electron chi connectivity index (χ4n) is 3.76. The Morgan fingerprint density at radius 2 is 0.674 bits per heavy atom. The molecular formula is C29H23Al2O11P. The lowest BCUT2D eigenvalue weighted by Crippen LogP contribution is -2.53. The molecule has 0 aromatic heterocycles. The lowest BCUT2D eigenvalue weighted by molar-refractivity contribution is 0.0591.